The minimum absolute atomic E-state index is 0.0785. The van der Waals surface area contributed by atoms with Crippen LogP contribution in [0.5, 0.6) is 0 Å². The molecule has 0 radical (unpaired) electrons. The Morgan fingerprint density at radius 1 is 1.32 bits per heavy atom. The van der Waals surface area contributed by atoms with Crippen molar-refractivity contribution in [1.29, 1.82) is 0 Å². The van der Waals surface area contributed by atoms with Crippen LogP contribution in [-0.2, 0) is 9.84 Å². The van der Waals surface area contributed by atoms with Gasteiger partial charge in [0.25, 0.3) is 0 Å². The fourth-order valence-electron chi connectivity index (χ4n) is 2.28. The Hall–Kier alpha value is -0.720. The van der Waals surface area contributed by atoms with Crippen LogP contribution in [0.1, 0.15) is 0 Å². The van der Waals surface area contributed by atoms with E-state index in [-0.39, 0.29) is 22.8 Å². The molecule has 3 rings (SSSR count). The van der Waals surface area contributed by atoms with E-state index < -0.39 is 9.84 Å². The zero-order valence-electron chi connectivity index (χ0n) is 10.3. The van der Waals surface area contributed by atoms with Gasteiger partial charge in [-0.1, -0.05) is 23.4 Å². The Morgan fingerprint density at radius 2 is 2.00 bits per heavy atom. The highest BCUT2D eigenvalue weighted by Crippen LogP contribution is 2.36. The van der Waals surface area contributed by atoms with Gasteiger partial charge in [0.15, 0.2) is 15.0 Å². The molecule has 102 valence electrons. The maximum absolute atomic E-state index is 11.5. The Morgan fingerprint density at radius 3 is 2.63 bits per heavy atom. The summed E-state index contributed by atoms with van der Waals surface area (Å²) in [6.07, 6.45) is 0. The summed E-state index contributed by atoms with van der Waals surface area (Å²) in [5, 5.41) is 1.66. The van der Waals surface area contributed by atoms with Gasteiger partial charge in [-0.25, -0.2) is 8.42 Å². The van der Waals surface area contributed by atoms with Crippen molar-refractivity contribution in [3.8, 4) is 0 Å². The molecule has 0 amide bonds. The molecule has 0 aromatic heterocycles. The van der Waals surface area contributed by atoms with Crippen molar-refractivity contribution in [3.63, 3.8) is 0 Å². The molecule has 1 saturated heterocycles. The van der Waals surface area contributed by atoms with Crippen molar-refractivity contribution >= 4 is 44.1 Å². The first-order valence-corrected chi connectivity index (χ1v) is 8.97. The van der Waals surface area contributed by atoms with Crippen molar-refractivity contribution in [3.05, 3.63) is 29.3 Å². The Balaban J connectivity index is 1.80. The number of amidine groups is 1. The van der Waals surface area contributed by atoms with Crippen molar-refractivity contribution in [2.45, 2.75) is 11.3 Å². The monoisotopic (exact) mass is 316 g/mol. The average Bonchev–Trinajstić information content (AvgIpc) is 2.82. The number of hydrogen-bond donors (Lipinski definition) is 0. The SMILES string of the molecule is CN(C1=NC2CS(=O)(=O)CC2S1)c1ccc(Cl)cc1. The van der Waals surface area contributed by atoms with Gasteiger partial charge in [-0.2, -0.15) is 0 Å². The van der Waals surface area contributed by atoms with E-state index in [0.717, 1.165) is 10.9 Å². The van der Waals surface area contributed by atoms with E-state index in [1.54, 1.807) is 11.8 Å². The highest BCUT2D eigenvalue weighted by molar-refractivity contribution is 8.15. The first kappa shape index (κ1) is 13.3. The molecule has 4 nitrogen and oxygen atoms in total. The summed E-state index contributed by atoms with van der Waals surface area (Å²) < 4.78 is 23.0. The third kappa shape index (κ3) is 2.61. The molecule has 0 spiro atoms. The quantitative estimate of drug-likeness (QED) is 0.795. The molecule has 2 aliphatic heterocycles. The molecule has 0 N–H and O–H groups in total. The average molecular weight is 317 g/mol. The molecule has 0 bridgehead atoms. The molecule has 1 fully saturated rings. The molecule has 2 unspecified atom stereocenters. The molecule has 7 heteroatoms. The molecule has 1 aromatic rings. The topological polar surface area (TPSA) is 49.7 Å². The van der Waals surface area contributed by atoms with Crippen molar-refractivity contribution in [2.24, 2.45) is 4.99 Å². The van der Waals surface area contributed by atoms with E-state index >= 15 is 0 Å². The number of benzene rings is 1. The lowest BCUT2D eigenvalue weighted by Crippen LogP contribution is -2.23. The second-order valence-electron chi connectivity index (χ2n) is 4.75. The number of halogens is 1. The van der Waals surface area contributed by atoms with Gasteiger partial charge in [0, 0.05) is 23.0 Å². The highest BCUT2D eigenvalue weighted by Gasteiger charge is 2.43. The molecular weight excluding hydrogens is 304 g/mol. The van der Waals surface area contributed by atoms with Crippen LogP contribution in [0.2, 0.25) is 5.02 Å². The predicted molar refractivity (Wildman–Crippen MR) is 81.1 cm³/mol. The van der Waals surface area contributed by atoms with Gasteiger partial charge in [0.2, 0.25) is 0 Å². The first-order chi connectivity index (χ1) is 8.94. The molecule has 2 aliphatic rings. The minimum Gasteiger partial charge on any atom is -0.324 e. The highest BCUT2D eigenvalue weighted by atomic mass is 35.5. The number of rotatable bonds is 1. The predicted octanol–water partition coefficient (Wildman–Crippen LogP) is 2.04. The van der Waals surface area contributed by atoms with Crippen molar-refractivity contribution in [2.75, 3.05) is 23.5 Å². The summed E-state index contributed by atoms with van der Waals surface area (Å²) in [6.45, 7) is 0. The molecule has 2 atom stereocenters. The Kier molecular flexibility index (Phi) is 3.27. The number of hydrogen-bond acceptors (Lipinski definition) is 5. The largest absolute Gasteiger partial charge is 0.324 e. The molecule has 2 heterocycles. The van der Waals surface area contributed by atoms with Crippen LogP contribution in [0.3, 0.4) is 0 Å². The summed E-state index contributed by atoms with van der Waals surface area (Å²) in [5.41, 5.74) is 0.999. The zero-order chi connectivity index (χ0) is 13.6. The van der Waals surface area contributed by atoms with E-state index in [1.165, 1.54) is 0 Å². The fraction of sp³-hybridized carbons (Fsp3) is 0.417. The van der Waals surface area contributed by atoms with Crippen molar-refractivity contribution in [1.82, 2.24) is 0 Å². The fourth-order valence-corrected chi connectivity index (χ4v) is 6.15. The first-order valence-electron chi connectivity index (χ1n) is 5.89. The standard InChI is InChI=1S/C12H13ClN2O2S2/c1-15(9-4-2-8(13)3-5-9)12-14-10-6-19(16,17)7-11(10)18-12/h2-5,10-11H,6-7H2,1H3. The van der Waals surface area contributed by atoms with Gasteiger partial charge in [0.1, 0.15) is 0 Å². The van der Waals surface area contributed by atoms with Gasteiger partial charge in [0.05, 0.1) is 17.5 Å². The zero-order valence-corrected chi connectivity index (χ0v) is 12.7. The van der Waals surface area contributed by atoms with Crippen LogP contribution in [0, 0.1) is 0 Å². The number of anilines is 1. The van der Waals surface area contributed by atoms with Gasteiger partial charge in [-0.3, -0.25) is 4.99 Å². The summed E-state index contributed by atoms with van der Waals surface area (Å²) in [7, 11) is -0.954. The molecule has 1 aromatic carbocycles. The summed E-state index contributed by atoms with van der Waals surface area (Å²) >= 11 is 7.42. The lowest BCUT2D eigenvalue weighted by atomic mass is 10.3. The molecular formula is C12H13ClN2O2S2. The number of thioether (sulfide) groups is 1. The summed E-state index contributed by atoms with van der Waals surface area (Å²) in [4.78, 5) is 6.52. The number of sulfone groups is 1. The third-order valence-corrected chi connectivity index (χ3v) is 6.86. The lowest BCUT2D eigenvalue weighted by Gasteiger charge is -2.19. The third-order valence-electron chi connectivity index (χ3n) is 3.31. The van der Waals surface area contributed by atoms with E-state index in [9.17, 15) is 8.42 Å². The number of nitrogens with zero attached hydrogens (tertiary/aromatic N) is 2. The number of aliphatic imine (C=N–C) groups is 1. The molecule has 0 aliphatic carbocycles. The maximum Gasteiger partial charge on any atom is 0.164 e. The summed E-state index contributed by atoms with van der Waals surface area (Å²) in [6, 6.07) is 7.43. The summed E-state index contributed by atoms with van der Waals surface area (Å²) in [5.74, 6) is 0.423. The Labute approximate surface area is 121 Å². The van der Waals surface area contributed by atoms with E-state index in [1.807, 2.05) is 36.2 Å². The van der Waals surface area contributed by atoms with Crippen LogP contribution < -0.4 is 4.90 Å². The van der Waals surface area contributed by atoms with Gasteiger partial charge < -0.3 is 4.90 Å². The molecule has 0 saturated carbocycles. The Bertz CT molecular complexity index is 628. The maximum atomic E-state index is 11.5. The minimum atomic E-state index is -2.89. The van der Waals surface area contributed by atoms with Gasteiger partial charge in [-0.05, 0) is 24.3 Å². The van der Waals surface area contributed by atoms with Crippen molar-refractivity contribution < 1.29 is 8.42 Å². The lowest BCUT2D eigenvalue weighted by molar-refractivity contribution is 0.601. The second-order valence-corrected chi connectivity index (χ2v) is 8.54. The number of fused-ring (bicyclic) bond motifs is 1. The van der Waals surface area contributed by atoms with Crippen LogP contribution >= 0.6 is 23.4 Å². The van der Waals surface area contributed by atoms with Gasteiger partial charge >= 0.3 is 0 Å². The van der Waals surface area contributed by atoms with E-state index in [2.05, 4.69) is 4.99 Å². The van der Waals surface area contributed by atoms with Crippen LogP contribution in [0.15, 0.2) is 29.3 Å². The smallest absolute Gasteiger partial charge is 0.164 e. The molecule has 19 heavy (non-hydrogen) atoms. The van der Waals surface area contributed by atoms with Crippen LogP contribution in [0.25, 0.3) is 0 Å². The van der Waals surface area contributed by atoms with Gasteiger partial charge in [-0.15, -0.1) is 0 Å². The normalized spacial score (nSPS) is 28.0. The van der Waals surface area contributed by atoms with E-state index in [4.69, 9.17) is 11.6 Å². The van der Waals surface area contributed by atoms with E-state index in [0.29, 0.717) is 5.02 Å². The van der Waals surface area contributed by atoms with Crippen LogP contribution in [-0.4, -0.2) is 43.4 Å². The second kappa shape index (κ2) is 4.68. The van der Waals surface area contributed by atoms with Crippen LogP contribution in [0.4, 0.5) is 5.69 Å².